The first-order valence-electron chi connectivity index (χ1n) is 5.57. The quantitative estimate of drug-likeness (QED) is 0.636. The Labute approximate surface area is 118 Å². The first kappa shape index (κ1) is 14.9. The zero-order valence-electron chi connectivity index (χ0n) is 10.4. The molecule has 10 heteroatoms. The lowest BCUT2D eigenvalue weighted by Gasteiger charge is -2.06. The van der Waals surface area contributed by atoms with E-state index in [0.717, 1.165) is 18.2 Å². The van der Waals surface area contributed by atoms with Crippen LogP contribution < -0.4 is 10.5 Å². The van der Waals surface area contributed by atoms with Gasteiger partial charge in [-0.25, -0.2) is 17.9 Å². The standard InChI is InChI=1S/C11H10FN3O5S/c12-8-2-1-3-9(15(16)17)11(8)14-6-7-4-5-10(20-7)21(13,18)19/h1-5,14H,6H2,(H2,13,18,19). The van der Waals surface area contributed by atoms with Gasteiger partial charge in [0.2, 0.25) is 5.09 Å². The summed E-state index contributed by atoms with van der Waals surface area (Å²) in [7, 11) is -3.97. The third-order valence-electron chi connectivity index (χ3n) is 2.55. The fourth-order valence-corrected chi connectivity index (χ4v) is 2.10. The third-order valence-corrected chi connectivity index (χ3v) is 3.33. The van der Waals surface area contributed by atoms with Crippen LogP contribution in [0.25, 0.3) is 0 Å². The molecule has 0 atom stereocenters. The maximum absolute atomic E-state index is 13.6. The molecule has 0 aliphatic heterocycles. The van der Waals surface area contributed by atoms with Crippen LogP contribution in [0.4, 0.5) is 15.8 Å². The number of sulfonamides is 1. The minimum atomic E-state index is -3.97. The average Bonchev–Trinajstić information content (AvgIpc) is 2.85. The van der Waals surface area contributed by atoms with E-state index in [1.165, 1.54) is 12.1 Å². The minimum Gasteiger partial charge on any atom is -0.446 e. The molecule has 1 aromatic carbocycles. The van der Waals surface area contributed by atoms with Gasteiger partial charge in [-0.2, -0.15) is 0 Å². The summed E-state index contributed by atoms with van der Waals surface area (Å²) in [4.78, 5) is 10.1. The molecule has 0 bridgehead atoms. The largest absolute Gasteiger partial charge is 0.446 e. The van der Waals surface area contributed by atoms with E-state index in [1.54, 1.807) is 0 Å². The summed E-state index contributed by atoms with van der Waals surface area (Å²) < 4.78 is 40.6. The van der Waals surface area contributed by atoms with Gasteiger partial charge in [-0.3, -0.25) is 10.1 Å². The minimum absolute atomic E-state index is 0.136. The van der Waals surface area contributed by atoms with E-state index in [2.05, 4.69) is 5.32 Å². The van der Waals surface area contributed by atoms with Crippen LogP contribution in [0.5, 0.6) is 0 Å². The molecule has 0 saturated carbocycles. The summed E-state index contributed by atoms with van der Waals surface area (Å²) in [6.07, 6.45) is 0. The highest BCUT2D eigenvalue weighted by Crippen LogP contribution is 2.27. The molecule has 0 spiro atoms. The molecular weight excluding hydrogens is 305 g/mol. The Morgan fingerprint density at radius 2 is 2.05 bits per heavy atom. The molecule has 21 heavy (non-hydrogen) atoms. The van der Waals surface area contributed by atoms with Crippen molar-refractivity contribution in [3.05, 3.63) is 52.0 Å². The number of nitrogens with zero attached hydrogens (tertiary/aromatic N) is 1. The number of primary sulfonamides is 1. The number of benzene rings is 1. The molecule has 0 radical (unpaired) electrons. The molecule has 0 aliphatic carbocycles. The number of furan rings is 1. The first-order chi connectivity index (χ1) is 9.79. The number of halogens is 1. The van der Waals surface area contributed by atoms with Gasteiger partial charge < -0.3 is 9.73 Å². The Morgan fingerprint density at radius 3 is 2.62 bits per heavy atom. The van der Waals surface area contributed by atoms with Crippen molar-refractivity contribution in [1.29, 1.82) is 0 Å². The maximum Gasteiger partial charge on any atom is 0.295 e. The van der Waals surface area contributed by atoms with Crippen molar-refractivity contribution in [2.24, 2.45) is 5.14 Å². The Morgan fingerprint density at radius 1 is 1.33 bits per heavy atom. The summed E-state index contributed by atoms with van der Waals surface area (Å²) in [6, 6.07) is 5.88. The summed E-state index contributed by atoms with van der Waals surface area (Å²) in [5.74, 6) is -0.668. The highest BCUT2D eigenvalue weighted by atomic mass is 32.2. The SMILES string of the molecule is NS(=O)(=O)c1ccc(CNc2c(F)cccc2[N+](=O)[O-])o1. The van der Waals surface area contributed by atoms with E-state index in [-0.39, 0.29) is 18.0 Å². The van der Waals surface area contributed by atoms with Crippen molar-refractivity contribution in [2.45, 2.75) is 11.6 Å². The molecule has 0 fully saturated rings. The molecule has 2 rings (SSSR count). The molecule has 0 saturated heterocycles. The molecule has 0 unspecified atom stereocenters. The van der Waals surface area contributed by atoms with Gasteiger partial charge in [-0.05, 0) is 18.2 Å². The average molecular weight is 315 g/mol. The highest BCUT2D eigenvalue weighted by molar-refractivity contribution is 7.89. The fourth-order valence-electron chi connectivity index (χ4n) is 1.62. The molecule has 8 nitrogen and oxygen atoms in total. The van der Waals surface area contributed by atoms with Gasteiger partial charge >= 0.3 is 0 Å². The van der Waals surface area contributed by atoms with E-state index >= 15 is 0 Å². The molecule has 0 amide bonds. The van der Waals surface area contributed by atoms with Crippen LogP contribution in [-0.2, 0) is 16.6 Å². The number of para-hydroxylation sites is 1. The fraction of sp³-hybridized carbons (Fsp3) is 0.0909. The number of nitro benzene ring substituents is 1. The van der Waals surface area contributed by atoms with Crippen molar-refractivity contribution < 1.29 is 22.1 Å². The second-order valence-corrected chi connectivity index (χ2v) is 5.50. The van der Waals surface area contributed by atoms with Crippen molar-refractivity contribution in [2.75, 3.05) is 5.32 Å². The third kappa shape index (κ3) is 3.35. The van der Waals surface area contributed by atoms with Crippen molar-refractivity contribution in [3.63, 3.8) is 0 Å². The zero-order valence-corrected chi connectivity index (χ0v) is 11.3. The van der Waals surface area contributed by atoms with Crippen LogP contribution >= 0.6 is 0 Å². The topological polar surface area (TPSA) is 128 Å². The second-order valence-electron chi connectivity index (χ2n) is 4.01. The highest BCUT2D eigenvalue weighted by Gasteiger charge is 2.18. The number of nitrogens with one attached hydrogen (secondary N) is 1. The summed E-state index contributed by atoms with van der Waals surface area (Å²) >= 11 is 0. The van der Waals surface area contributed by atoms with Crippen molar-refractivity contribution in [1.82, 2.24) is 0 Å². The van der Waals surface area contributed by atoms with Crippen molar-refractivity contribution in [3.8, 4) is 0 Å². The lowest BCUT2D eigenvalue weighted by Crippen LogP contribution is -2.11. The molecule has 1 heterocycles. The van der Waals surface area contributed by atoms with Crippen molar-refractivity contribution >= 4 is 21.4 Å². The van der Waals surface area contributed by atoms with Crippen LogP contribution in [0.1, 0.15) is 5.76 Å². The molecular formula is C11H10FN3O5S. The Kier molecular flexibility index (Phi) is 3.91. The van der Waals surface area contributed by atoms with Crippen LogP contribution in [0.15, 0.2) is 39.8 Å². The lowest BCUT2D eigenvalue weighted by atomic mass is 10.2. The van der Waals surface area contributed by atoms with Gasteiger partial charge in [0.25, 0.3) is 15.7 Å². The molecule has 3 N–H and O–H groups in total. The molecule has 1 aromatic heterocycles. The Balaban J connectivity index is 2.21. The van der Waals surface area contributed by atoms with Crippen LogP contribution in [0.3, 0.4) is 0 Å². The predicted octanol–water partition coefficient (Wildman–Crippen LogP) is 1.59. The van der Waals surface area contributed by atoms with Crippen LogP contribution in [0.2, 0.25) is 0 Å². The lowest BCUT2D eigenvalue weighted by molar-refractivity contribution is -0.384. The number of anilines is 1. The van der Waals surface area contributed by atoms with Crippen LogP contribution in [0, 0.1) is 15.9 Å². The van der Waals surface area contributed by atoms with E-state index in [9.17, 15) is 22.9 Å². The van der Waals surface area contributed by atoms with Gasteiger partial charge in [0.15, 0.2) is 5.82 Å². The van der Waals surface area contributed by atoms with E-state index in [4.69, 9.17) is 9.56 Å². The summed E-state index contributed by atoms with van der Waals surface area (Å²) in [5, 5.41) is 17.7. The Hall–Kier alpha value is -2.46. The van der Waals surface area contributed by atoms with E-state index in [0.29, 0.717) is 0 Å². The monoisotopic (exact) mass is 315 g/mol. The van der Waals surface area contributed by atoms with Gasteiger partial charge in [0.1, 0.15) is 11.4 Å². The Bertz CT molecular complexity index is 787. The normalized spacial score (nSPS) is 11.3. The maximum atomic E-state index is 13.6. The van der Waals surface area contributed by atoms with Gasteiger partial charge in [-0.15, -0.1) is 0 Å². The second kappa shape index (κ2) is 5.50. The molecule has 2 aromatic rings. The molecule has 112 valence electrons. The first-order valence-corrected chi connectivity index (χ1v) is 7.12. The number of nitro groups is 1. The number of rotatable bonds is 5. The smallest absolute Gasteiger partial charge is 0.295 e. The summed E-state index contributed by atoms with van der Waals surface area (Å²) in [5.41, 5.74) is -0.746. The van der Waals surface area contributed by atoms with Crippen LogP contribution in [-0.4, -0.2) is 13.3 Å². The van der Waals surface area contributed by atoms with Gasteiger partial charge in [0.05, 0.1) is 11.5 Å². The van der Waals surface area contributed by atoms with Gasteiger partial charge in [0, 0.05) is 6.07 Å². The molecule has 0 aliphatic rings. The zero-order chi connectivity index (χ0) is 15.6. The predicted molar refractivity (Wildman–Crippen MR) is 70.5 cm³/mol. The number of hydrogen-bond acceptors (Lipinski definition) is 6. The number of hydrogen-bond donors (Lipinski definition) is 2. The van der Waals surface area contributed by atoms with E-state index in [1.807, 2.05) is 0 Å². The summed E-state index contributed by atoms with van der Waals surface area (Å²) in [6.45, 7) is -0.142. The number of nitrogens with two attached hydrogens (primary N) is 1. The van der Waals surface area contributed by atoms with Gasteiger partial charge in [-0.1, -0.05) is 6.07 Å². The van der Waals surface area contributed by atoms with E-state index < -0.39 is 31.5 Å².